The average molecular weight is 177 g/mol. The Morgan fingerprint density at radius 1 is 1.50 bits per heavy atom. The molecular formula is C6H6Cl2N2. The van der Waals surface area contributed by atoms with E-state index in [-0.39, 0.29) is 5.82 Å². The minimum Gasteiger partial charge on any atom is -0.382 e. The quantitative estimate of drug-likeness (QED) is 0.617. The van der Waals surface area contributed by atoms with Crippen LogP contribution in [0.25, 0.3) is 0 Å². The maximum Gasteiger partial charge on any atom is 0.144 e. The van der Waals surface area contributed by atoms with Crippen LogP contribution >= 0.6 is 23.2 Å². The highest BCUT2D eigenvalue weighted by Crippen LogP contribution is 2.21. The Bertz CT molecular complexity index is 210. The van der Waals surface area contributed by atoms with E-state index < -0.39 is 0 Å². The van der Waals surface area contributed by atoms with Gasteiger partial charge in [0.2, 0.25) is 0 Å². The van der Waals surface area contributed by atoms with E-state index in [0.717, 1.165) is 5.56 Å². The molecule has 1 rings (SSSR count). The number of anilines is 1. The second-order valence-corrected chi connectivity index (χ2v) is 2.73. The fourth-order valence-electron chi connectivity index (χ4n) is 0.571. The largest absolute Gasteiger partial charge is 0.382 e. The maximum atomic E-state index is 5.64. The molecule has 54 valence electrons. The van der Waals surface area contributed by atoms with Gasteiger partial charge in [0.15, 0.2) is 0 Å². The minimum atomic E-state index is 0.275. The fraction of sp³-hybridized carbons (Fsp3) is 0.167. The smallest absolute Gasteiger partial charge is 0.144 e. The van der Waals surface area contributed by atoms with Crippen LogP contribution < -0.4 is 5.73 Å². The molecule has 2 N–H and O–H groups in total. The van der Waals surface area contributed by atoms with Gasteiger partial charge in [0.05, 0.1) is 5.02 Å². The minimum absolute atomic E-state index is 0.275. The first-order valence-corrected chi connectivity index (χ1v) is 3.45. The lowest BCUT2D eigenvalue weighted by Gasteiger charge is -1.99. The number of halogens is 2. The van der Waals surface area contributed by atoms with E-state index in [0.29, 0.717) is 10.2 Å². The molecule has 0 aromatic carbocycles. The van der Waals surface area contributed by atoms with E-state index in [2.05, 4.69) is 4.98 Å². The number of rotatable bonds is 0. The molecule has 0 saturated carbocycles. The fourth-order valence-corrected chi connectivity index (χ4v) is 0.922. The number of hydrogen-bond donors (Lipinski definition) is 1. The first-order chi connectivity index (χ1) is 4.61. The molecule has 0 spiro atoms. The average Bonchev–Trinajstić information content (AvgIpc) is 1.84. The van der Waals surface area contributed by atoms with Crippen LogP contribution in [0.1, 0.15) is 5.56 Å². The maximum absolute atomic E-state index is 5.64. The second-order valence-electron chi connectivity index (χ2n) is 1.96. The molecule has 0 aliphatic heterocycles. The van der Waals surface area contributed by atoms with Gasteiger partial charge in [0, 0.05) is 0 Å². The number of aromatic nitrogens is 1. The van der Waals surface area contributed by atoms with Crippen molar-refractivity contribution in [2.75, 3.05) is 5.73 Å². The van der Waals surface area contributed by atoms with Crippen molar-refractivity contribution in [2.45, 2.75) is 6.92 Å². The number of hydrogen-bond acceptors (Lipinski definition) is 2. The standard InChI is InChI=1S/C6H6Cl2N2/c1-3-2-4(7)6(9)10-5(3)8/h2H,1H3,(H2,9,10). The zero-order chi connectivity index (χ0) is 7.72. The van der Waals surface area contributed by atoms with Crippen LogP contribution in [-0.4, -0.2) is 4.98 Å². The normalized spacial score (nSPS) is 9.90. The summed E-state index contributed by atoms with van der Waals surface area (Å²) in [5, 5.41) is 0.851. The highest BCUT2D eigenvalue weighted by Gasteiger charge is 2.01. The Morgan fingerprint density at radius 2 is 2.10 bits per heavy atom. The van der Waals surface area contributed by atoms with Gasteiger partial charge in [-0.25, -0.2) is 4.98 Å². The molecule has 0 aliphatic carbocycles. The van der Waals surface area contributed by atoms with Crippen molar-refractivity contribution in [3.63, 3.8) is 0 Å². The van der Waals surface area contributed by atoms with Crippen LogP contribution in [0.15, 0.2) is 6.07 Å². The van der Waals surface area contributed by atoms with Crippen LogP contribution in [0.4, 0.5) is 5.82 Å². The Morgan fingerprint density at radius 3 is 2.60 bits per heavy atom. The molecule has 4 heteroatoms. The van der Waals surface area contributed by atoms with Crippen LogP contribution in [0, 0.1) is 6.92 Å². The lowest BCUT2D eigenvalue weighted by atomic mass is 10.3. The number of aryl methyl sites for hydroxylation is 1. The molecule has 0 radical (unpaired) electrons. The van der Waals surface area contributed by atoms with Crippen LogP contribution in [0.2, 0.25) is 10.2 Å². The third-order valence-electron chi connectivity index (χ3n) is 1.13. The lowest BCUT2D eigenvalue weighted by Crippen LogP contribution is -1.92. The van der Waals surface area contributed by atoms with Crippen molar-refractivity contribution < 1.29 is 0 Å². The van der Waals surface area contributed by atoms with Gasteiger partial charge in [-0.2, -0.15) is 0 Å². The molecule has 1 heterocycles. The summed E-state index contributed by atoms with van der Waals surface area (Å²) in [5.74, 6) is 0.275. The summed E-state index contributed by atoms with van der Waals surface area (Å²) < 4.78 is 0. The lowest BCUT2D eigenvalue weighted by molar-refractivity contribution is 1.28. The van der Waals surface area contributed by atoms with Gasteiger partial charge in [0.25, 0.3) is 0 Å². The van der Waals surface area contributed by atoms with Gasteiger partial charge >= 0.3 is 0 Å². The van der Waals surface area contributed by atoms with Gasteiger partial charge in [-0.05, 0) is 18.6 Å². The number of nitrogens with two attached hydrogens (primary N) is 1. The van der Waals surface area contributed by atoms with E-state index in [9.17, 15) is 0 Å². The van der Waals surface area contributed by atoms with Crippen molar-refractivity contribution in [3.05, 3.63) is 21.8 Å². The van der Waals surface area contributed by atoms with Crippen LogP contribution in [0.3, 0.4) is 0 Å². The molecule has 1 aromatic heterocycles. The molecule has 0 saturated heterocycles. The van der Waals surface area contributed by atoms with Gasteiger partial charge in [-0.3, -0.25) is 0 Å². The van der Waals surface area contributed by atoms with Gasteiger partial charge < -0.3 is 5.73 Å². The van der Waals surface area contributed by atoms with Gasteiger partial charge in [-0.15, -0.1) is 0 Å². The van der Waals surface area contributed by atoms with Crippen molar-refractivity contribution in [1.82, 2.24) is 4.98 Å². The van der Waals surface area contributed by atoms with Crippen molar-refractivity contribution in [1.29, 1.82) is 0 Å². The van der Waals surface area contributed by atoms with Crippen molar-refractivity contribution >= 4 is 29.0 Å². The van der Waals surface area contributed by atoms with Gasteiger partial charge in [-0.1, -0.05) is 23.2 Å². The molecule has 2 nitrogen and oxygen atoms in total. The third kappa shape index (κ3) is 1.33. The Labute approximate surface area is 69.0 Å². The van der Waals surface area contributed by atoms with Crippen molar-refractivity contribution in [3.8, 4) is 0 Å². The van der Waals surface area contributed by atoms with E-state index in [1.54, 1.807) is 6.07 Å². The zero-order valence-electron chi connectivity index (χ0n) is 5.36. The summed E-state index contributed by atoms with van der Waals surface area (Å²) >= 11 is 11.3. The molecule has 0 atom stereocenters. The third-order valence-corrected chi connectivity index (χ3v) is 1.82. The summed E-state index contributed by atoms with van der Waals surface area (Å²) in [7, 11) is 0. The van der Waals surface area contributed by atoms with E-state index in [4.69, 9.17) is 28.9 Å². The van der Waals surface area contributed by atoms with Crippen LogP contribution in [0.5, 0.6) is 0 Å². The predicted octanol–water partition coefficient (Wildman–Crippen LogP) is 2.28. The summed E-state index contributed by atoms with van der Waals surface area (Å²) in [6.45, 7) is 1.82. The summed E-state index contributed by atoms with van der Waals surface area (Å²) in [6, 6.07) is 1.69. The monoisotopic (exact) mass is 176 g/mol. The van der Waals surface area contributed by atoms with Gasteiger partial charge in [0.1, 0.15) is 11.0 Å². The SMILES string of the molecule is Cc1cc(Cl)c(N)nc1Cl. The number of nitrogens with zero attached hydrogens (tertiary/aromatic N) is 1. The first-order valence-electron chi connectivity index (χ1n) is 2.69. The first kappa shape index (κ1) is 7.63. The van der Waals surface area contributed by atoms with E-state index in [1.807, 2.05) is 6.92 Å². The van der Waals surface area contributed by atoms with Crippen LogP contribution in [-0.2, 0) is 0 Å². The zero-order valence-corrected chi connectivity index (χ0v) is 6.87. The molecular weight excluding hydrogens is 171 g/mol. The molecule has 0 aliphatic rings. The molecule has 1 aromatic rings. The second kappa shape index (κ2) is 2.64. The molecule has 0 unspecified atom stereocenters. The number of nitrogen functional groups attached to an aromatic ring is 1. The van der Waals surface area contributed by atoms with Crippen molar-refractivity contribution in [2.24, 2.45) is 0 Å². The topological polar surface area (TPSA) is 38.9 Å². The highest BCUT2D eigenvalue weighted by atomic mass is 35.5. The summed E-state index contributed by atoms with van der Waals surface area (Å²) in [5.41, 5.74) is 6.20. The van der Waals surface area contributed by atoms with E-state index in [1.165, 1.54) is 0 Å². The summed E-state index contributed by atoms with van der Waals surface area (Å²) in [4.78, 5) is 3.78. The Hall–Kier alpha value is -0.470. The Kier molecular flexibility index (Phi) is 2.02. The van der Waals surface area contributed by atoms with E-state index >= 15 is 0 Å². The predicted molar refractivity (Wildman–Crippen MR) is 43.4 cm³/mol. The molecule has 10 heavy (non-hydrogen) atoms. The Balaban J connectivity index is 3.28. The molecule has 0 bridgehead atoms. The number of pyridine rings is 1. The molecule has 0 amide bonds. The molecule has 0 fully saturated rings. The highest BCUT2D eigenvalue weighted by molar-refractivity contribution is 6.34. The summed E-state index contributed by atoms with van der Waals surface area (Å²) in [6.07, 6.45) is 0.